The van der Waals surface area contributed by atoms with Crippen molar-refractivity contribution in [3.63, 3.8) is 0 Å². The summed E-state index contributed by atoms with van der Waals surface area (Å²) < 4.78 is 10.9. The lowest BCUT2D eigenvalue weighted by molar-refractivity contribution is -0.115. The van der Waals surface area contributed by atoms with Gasteiger partial charge in [-0.05, 0) is 63.4 Å². The van der Waals surface area contributed by atoms with E-state index in [1.807, 2.05) is 69.3 Å². The van der Waals surface area contributed by atoms with E-state index in [0.717, 1.165) is 20.9 Å². The summed E-state index contributed by atoms with van der Waals surface area (Å²) in [6.07, 6.45) is 0.0439. The summed E-state index contributed by atoms with van der Waals surface area (Å²) in [5, 5.41) is 2.84. The SMILES string of the molecule is CCOC(=O)c1c(NC(=O)C(Sc2cccc(N)c2)c2ccccc2)sc2c1CCN(C(=O)OC(C)(C)C)C2. The lowest BCUT2D eigenvalue weighted by Crippen LogP contribution is -2.39. The first-order chi connectivity index (χ1) is 18.6. The number of rotatable bonds is 7. The molecule has 2 amide bonds. The number of benzene rings is 2. The van der Waals surface area contributed by atoms with Crippen molar-refractivity contribution in [2.24, 2.45) is 0 Å². The molecule has 3 aromatic rings. The van der Waals surface area contributed by atoms with Crippen LogP contribution in [0.15, 0.2) is 59.5 Å². The Morgan fingerprint density at radius 3 is 2.54 bits per heavy atom. The molecule has 2 aromatic carbocycles. The molecule has 10 heteroatoms. The zero-order valence-electron chi connectivity index (χ0n) is 22.5. The third-order valence-electron chi connectivity index (χ3n) is 5.88. The van der Waals surface area contributed by atoms with E-state index < -0.39 is 22.9 Å². The van der Waals surface area contributed by atoms with Crippen LogP contribution in [-0.2, 0) is 27.2 Å². The van der Waals surface area contributed by atoms with Gasteiger partial charge in [0.15, 0.2) is 0 Å². The van der Waals surface area contributed by atoms with Crippen molar-refractivity contribution in [2.75, 3.05) is 24.2 Å². The van der Waals surface area contributed by atoms with E-state index in [1.165, 1.54) is 23.1 Å². The van der Waals surface area contributed by atoms with Crippen LogP contribution in [0.2, 0.25) is 0 Å². The largest absolute Gasteiger partial charge is 0.462 e. The van der Waals surface area contributed by atoms with E-state index in [2.05, 4.69) is 5.32 Å². The summed E-state index contributed by atoms with van der Waals surface area (Å²) in [6, 6.07) is 16.8. The fourth-order valence-corrected chi connectivity index (χ4v) is 6.54. The number of thiophene rings is 1. The summed E-state index contributed by atoms with van der Waals surface area (Å²) >= 11 is 2.67. The van der Waals surface area contributed by atoms with Crippen molar-refractivity contribution in [1.82, 2.24) is 4.90 Å². The number of ether oxygens (including phenoxy) is 2. The number of carbonyl (C=O) groups is 3. The highest BCUT2D eigenvalue weighted by Crippen LogP contribution is 2.41. The molecule has 8 nitrogen and oxygen atoms in total. The van der Waals surface area contributed by atoms with Gasteiger partial charge in [0, 0.05) is 22.0 Å². The molecule has 0 saturated carbocycles. The lowest BCUT2D eigenvalue weighted by atomic mass is 10.0. The van der Waals surface area contributed by atoms with E-state index in [1.54, 1.807) is 17.9 Å². The van der Waals surface area contributed by atoms with Gasteiger partial charge < -0.3 is 25.4 Å². The zero-order chi connectivity index (χ0) is 28.2. The van der Waals surface area contributed by atoms with Gasteiger partial charge in [-0.1, -0.05) is 36.4 Å². The van der Waals surface area contributed by atoms with Crippen molar-refractivity contribution < 1.29 is 23.9 Å². The quantitative estimate of drug-likeness (QED) is 0.197. The van der Waals surface area contributed by atoms with Crippen LogP contribution in [0.25, 0.3) is 0 Å². The molecule has 1 unspecified atom stereocenters. The predicted octanol–water partition coefficient (Wildman–Crippen LogP) is 6.27. The second-order valence-electron chi connectivity index (χ2n) is 10.1. The maximum absolute atomic E-state index is 13.8. The normalized spacial score (nSPS) is 13.8. The summed E-state index contributed by atoms with van der Waals surface area (Å²) in [5.41, 5.74) is 7.94. The highest BCUT2D eigenvalue weighted by Gasteiger charge is 2.33. The second kappa shape index (κ2) is 12.1. The minimum atomic E-state index is -0.616. The molecule has 0 bridgehead atoms. The predicted molar refractivity (Wildman–Crippen MR) is 155 cm³/mol. The van der Waals surface area contributed by atoms with Crippen LogP contribution < -0.4 is 11.1 Å². The first-order valence-corrected chi connectivity index (χ1v) is 14.4. The minimum absolute atomic E-state index is 0.207. The van der Waals surface area contributed by atoms with Crippen LogP contribution in [-0.4, -0.2) is 41.6 Å². The fraction of sp³-hybridized carbons (Fsp3) is 0.345. The number of hydrogen-bond donors (Lipinski definition) is 2. The standard InChI is InChI=1S/C29H33N3O5S2/c1-5-36-27(34)23-21-14-15-32(28(35)37-29(2,3)4)17-22(21)39-26(23)31-25(33)24(18-10-7-6-8-11-18)38-20-13-9-12-19(30)16-20/h6-13,16,24H,5,14-15,17,30H2,1-4H3,(H,31,33). The van der Waals surface area contributed by atoms with E-state index in [9.17, 15) is 14.4 Å². The third-order valence-corrected chi connectivity index (χ3v) is 8.26. The number of anilines is 2. The zero-order valence-corrected chi connectivity index (χ0v) is 24.1. The highest BCUT2D eigenvalue weighted by atomic mass is 32.2. The molecule has 39 heavy (non-hydrogen) atoms. The molecule has 0 aliphatic carbocycles. The molecule has 1 aliphatic heterocycles. The van der Waals surface area contributed by atoms with Gasteiger partial charge in [0.25, 0.3) is 0 Å². The van der Waals surface area contributed by atoms with Crippen molar-refractivity contribution in [1.29, 1.82) is 0 Å². The van der Waals surface area contributed by atoms with Gasteiger partial charge in [-0.15, -0.1) is 23.1 Å². The van der Waals surface area contributed by atoms with Crippen molar-refractivity contribution in [3.05, 3.63) is 76.2 Å². The molecule has 1 atom stereocenters. The van der Waals surface area contributed by atoms with Gasteiger partial charge in [-0.2, -0.15) is 0 Å². The van der Waals surface area contributed by atoms with Crippen LogP contribution in [0.4, 0.5) is 15.5 Å². The van der Waals surface area contributed by atoms with Gasteiger partial charge in [0.05, 0.1) is 18.7 Å². The molecule has 0 saturated heterocycles. The number of nitrogens with zero attached hydrogens (tertiary/aromatic N) is 1. The topological polar surface area (TPSA) is 111 Å². The Morgan fingerprint density at radius 2 is 1.87 bits per heavy atom. The number of nitrogen functional groups attached to an aromatic ring is 1. The Hall–Kier alpha value is -3.50. The molecule has 0 spiro atoms. The number of fused-ring (bicyclic) bond motifs is 1. The Morgan fingerprint density at radius 1 is 1.13 bits per heavy atom. The van der Waals surface area contributed by atoms with E-state index in [0.29, 0.717) is 29.2 Å². The molecular formula is C29H33N3O5S2. The van der Waals surface area contributed by atoms with E-state index in [-0.39, 0.29) is 19.1 Å². The lowest BCUT2D eigenvalue weighted by Gasteiger charge is -2.30. The summed E-state index contributed by atoms with van der Waals surface area (Å²) in [5.74, 6) is -0.766. The van der Waals surface area contributed by atoms with Crippen LogP contribution in [0.5, 0.6) is 0 Å². The van der Waals surface area contributed by atoms with Gasteiger partial charge in [0.1, 0.15) is 15.9 Å². The number of amides is 2. The van der Waals surface area contributed by atoms with Gasteiger partial charge in [0.2, 0.25) is 5.91 Å². The Bertz CT molecular complexity index is 1350. The van der Waals surface area contributed by atoms with Crippen LogP contribution >= 0.6 is 23.1 Å². The van der Waals surface area contributed by atoms with E-state index in [4.69, 9.17) is 15.2 Å². The number of carbonyl (C=O) groups excluding carboxylic acids is 3. The molecule has 2 heterocycles. The number of nitrogens with one attached hydrogen (secondary N) is 1. The summed E-state index contributed by atoms with van der Waals surface area (Å²) in [6.45, 7) is 8.11. The van der Waals surface area contributed by atoms with Gasteiger partial charge >= 0.3 is 12.1 Å². The van der Waals surface area contributed by atoms with Gasteiger partial charge in [-0.3, -0.25) is 4.79 Å². The van der Waals surface area contributed by atoms with Crippen LogP contribution in [0, 0.1) is 0 Å². The summed E-state index contributed by atoms with van der Waals surface area (Å²) in [7, 11) is 0. The molecule has 4 rings (SSSR count). The van der Waals surface area contributed by atoms with Crippen molar-refractivity contribution in [3.8, 4) is 0 Å². The Labute approximate surface area is 236 Å². The average Bonchev–Trinajstić information content (AvgIpc) is 3.24. The highest BCUT2D eigenvalue weighted by molar-refractivity contribution is 8.00. The maximum Gasteiger partial charge on any atom is 0.410 e. The monoisotopic (exact) mass is 567 g/mol. The number of esters is 1. The molecular weight excluding hydrogens is 534 g/mol. The van der Waals surface area contributed by atoms with Crippen molar-refractivity contribution in [2.45, 2.75) is 56.4 Å². The number of nitrogens with two attached hydrogens (primary N) is 1. The molecule has 0 fully saturated rings. The Balaban J connectivity index is 1.64. The first-order valence-electron chi connectivity index (χ1n) is 12.7. The smallest absolute Gasteiger partial charge is 0.410 e. The Kier molecular flexibility index (Phi) is 8.87. The van der Waals surface area contributed by atoms with Crippen LogP contribution in [0.1, 0.15) is 59.3 Å². The van der Waals surface area contributed by atoms with Crippen molar-refractivity contribution >= 4 is 51.8 Å². The number of hydrogen-bond acceptors (Lipinski definition) is 8. The molecule has 3 N–H and O–H groups in total. The summed E-state index contributed by atoms with van der Waals surface area (Å²) in [4.78, 5) is 42.8. The second-order valence-corrected chi connectivity index (χ2v) is 12.3. The number of thioether (sulfide) groups is 1. The molecule has 0 radical (unpaired) electrons. The first kappa shape index (κ1) is 28.5. The minimum Gasteiger partial charge on any atom is -0.462 e. The fourth-order valence-electron chi connectivity index (χ4n) is 4.20. The van der Waals surface area contributed by atoms with Gasteiger partial charge in [-0.25, -0.2) is 9.59 Å². The molecule has 1 aliphatic rings. The molecule has 206 valence electrons. The molecule has 1 aromatic heterocycles. The maximum atomic E-state index is 13.8. The van der Waals surface area contributed by atoms with Crippen LogP contribution in [0.3, 0.4) is 0 Å². The third kappa shape index (κ3) is 7.13. The van der Waals surface area contributed by atoms with E-state index >= 15 is 0 Å². The average molecular weight is 568 g/mol.